The number of aryl methyl sites for hydroxylation is 4. The SMILES string of the molecule is Cc1nc(C)c(C(N)Cc2c(Cl)c(C)nn2C)s1. The lowest BCUT2D eigenvalue weighted by Crippen LogP contribution is -2.15. The first-order chi connectivity index (χ1) is 8.40. The smallest absolute Gasteiger partial charge is 0.0900 e. The highest BCUT2D eigenvalue weighted by atomic mass is 35.5. The average Bonchev–Trinajstić information content (AvgIpc) is 2.73. The van der Waals surface area contributed by atoms with Gasteiger partial charge in [0.1, 0.15) is 0 Å². The van der Waals surface area contributed by atoms with Gasteiger partial charge in [-0.05, 0) is 20.8 Å². The summed E-state index contributed by atoms with van der Waals surface area (Å²) in [6, 6.07) is -0.0801. The van der Waals surface area contributed by atoms with Crippen LogP contribution in [0.15, 0.2) is 0 Å². The lowest BCUT2D eigenvalue weighted by molar-refractivity contribution is 0.643. The van der Waals surface area contributed by atoms with Gasteiger partial charge in [0.25, 0.3) is 0 Å². The molecule has 0 aromatic carbocycles. The summed E-state index contributed by atoms with van der Waals surface area (Å²) in [5.41, 5.74) is 9.10. The van der Waals surface area contributed by atoms with Gasteiger partial charge in [-0.15, -0.1) is 11.3 Å². The van der Waals surface area contributed by atoms with E-state index in [1.54, 1.807) is 16.0 Å². The first kappa shape index (κ1) is 13.5. The van der Waals surface area contributed by atoms with Crippen molar-refractivity contribution < 1.29 is 0 Å². The van der Waals surface area contributed by atoms with Crippen LogP contribution in [0, 0.1) is 20.8 Å². The molecular weight excluding hydrogens is 268 g/mol. The number of aromatic nitrogens is 3. The molecule has 2 N–H and O–H groups in total. The Morgan fingerprint density at radius 1 is 1.33 bits per heavy atom. The minimum absolute atomic E-state index is 0.0801. The molecule has 0 aliphatic carbocycles. The van der Waals surface area contributed by atoms with Gasteiger partial charge in [0.2, 0.25) is 0 Å². The molecular formula is C12H17ClN4S. The van der Waals surface area contributed by atoms with Gasteiger partial charge in [-0.1, -0.05) is 11.6 Å². The second kappa shape index (κ2) is 4.99. The largest absolute Gasteiger partial charge is 0.323 e. The van der Waals surface area contributed by atoms with Crippen molar-refractivity contribution in [3.8, 4) is 0 Å². The summed E-state index contributed by atoms with van der Waals surface area (Å²) in [6.07, 6.45) is 0.679. The fourth-order valence-corrected chi connectivity index (χ4v) is 3.26. The number of halogens is 1. The third kappa shape index (κ3) is 2.43. The summed E-state index contributed by atoms with van der Waals surface area (Å²) in [5, 5.41) is 6.06. The third-order valence-corrected chi connectivity index (χ3v) is 4.65. The summed E-state index contributed by atoms with van der Waals surface area (Å²) in [7, 11) is 1.89. The van der Waals surface area contributed by atoms with Crippen LogP contribution in [0.25, 0.3) is 0 Å². The molecule has 1 unspecified atom stereocenters. The lowest BCUT2D eigenvalue weighted by atomic mass is 10.1. The van der Waals surface area contributed by atoms with Gasteiger partial charge in [-0.3, -0.25) is 4.68 Å². The molecule has 6 heteroatoms. The fraction of sp³-hybridized carbons (Fsp3) is 0.500. The van der Waals surface area contributed by atoms with Crippen LogP contribution in [0.3, 0.4) is 0 Å². The quantitative estimate of drug-likeness (QED) is 0.943. The molecule has 0 saturated carbocycles. The van der Waals surface area contributed by atoms with Crippen LogP contribution in [0.4, 0.5) is 0 Å². The van der Waals surface area contributed by atoms with Gasteiger partial charge in [0.15, 0.2) is 0 Å². The highest BCUT2D eigenvalue weighted by molar-refractivity contribution is 7.11. The molecule has 0 spiro atoms. The first-order valence-electron chi connectivity index (χ1n) is 5.77. The van der Waals surface area contributed by atoms with Gasteiger partial charge in [0.05, 0.1) is 27.1 Å². The van der Waals surface area contributed by atoms with E-state index >= 15 is 0 Å². The zero-order valence-electron chi connectivity index (χ0n) is 11.0. The summed E-state index contributed by atoms with van der Waals surface area (Å²) in [6.45, 7) is 5.89. The Hall–Kier alpha value is -0.910. The van der Waals surface area contributed by atoms with E-state index in [0.717, 1.165) is 27.0 Å². The molecule has 0 saturated heterocycles. The standard InChI is InChI=1S/C12H17ClN4S/c1-6-11(13)10(17(4)16-6)5-9(14)12-7(2)15-8(3)18-12/h9H,5,14H2,1-4H3. The molecule has 0 aliphatic heterocycles. The molecule has 0 radical (unpaired) electrons. The van der Waals surface area contributed by atoms with Crippen molar-refractivity contribution in [2.45, 2.75) is 33.2 Å². The van der Waals surface area contributed by atoms with Gasteiger partial charge in [0, 0.05) is 24.4 Å². The van der Waals surface area contributed by atoms with E-state index in [-0.39, 0.29) is 6.04 Å². The van der Waals surface area contributed by atoms with Gasteiger partial charge >= 0.3 is 0 Å². The first-order valence-corrected chi connectivity index (χ1v) is 6.97. The Balaban J connectivity index is 2.26. The second-order valence-corrected chi connectivity index (χ2v) is 6.08. The number of hydrogen-bond donors (Lipinski definition) is 1. The van der Waals surface area contributed by atoms with E-state index in [1.165, 1.54) is 0 Å². The maximum Gasteiger partial charge on any atom is 0.0900 e. The van der Waals surface area contributed by atoms with Crippen molar-refractivity contribution in [1.82, 2.24) is 14.8 Å². The summed E-state index contributed by atoms with van der Waals surface area (Å²) in [4.78, 5) is 5.53. The normalized spacial score (nSPS) is 13.0. The molecule has 4 nitrogen and oxygen atoms in total. The van der Waals surface area contributed by atoms with Crippen LogP contribution in [0.1, 0.15) is 33.0 Å². The molecule has 98 valence electrons. The zero-order chi connectivity index (χ0) is 13.4. The lowest BCUT2D eigenvalue weighted by Gasteiger charge is -2.11. The van der Waals surface area contributed by atoms with Crippen molar-refractivity contribution >= 4 is 22.9 Å². The Morgan fingerprint density at radius 3 is 2.44 bits per heavy atom. The van der Waals surface area contributed by atoms with E-state index in [4.69, 9.17) is 17.3 Å². The molecule has 0 aliphatic rings. The highest BCUT2D eigenvalue weighted by Gasteiger charge is 2.19. The van der Waals surface area contributed by atoms with Gasteiger partial charge < -0.3 is 5.73 Å². The highest BCUT2D eigenvalue weighted by Crippen LogP contribution is 2.28. The molecule has 0 fully saturated rings. The minimum Gasteiger partial charge on any atom is -0.323 e. The van der Waals surface area contributed by atoms with E-state index in [1.807, 2.05) is 27.8 Å². The number of nitrogens with zero attached hydrogens (tertiary/aromatic N) is 3. The van der Waals surface area contributed by atoms with E-state index in [2.05, 4.69) is 10.1 Å². The fourth-order valence-electron chi connectivity index (χ4n) is 2.09. The minimum atomic E-state index is -0.0801. The van der Waals surface area contributed by atoms with Crippen LogP contribution in [-0.2, 0) is 13.5 Å². The van der Waals surface area contributed by atoms with Crippen molar-refractivity contribution in [2.24, 2.45) is 12.8 Å². The number of nitrogens with two attached hydrogens (primary N) is 1. The molecule has 0 bridgehead atoms. The molecule has 2 heterocycles. The van der Waals surface area contributed by atoms with Crippen LogP contribution in [0.2, 0.25) is 5.02 Å². The third-order valence-electron chi connectivity index (χ3n) is 2.95. The van der Waals surface area contributed by atoms with Crippen molar-refractivity contribution in [1.29, 1.82) is 0 Å². The van der Waals surface area contributed by atoms with E-state index in [9.17, 15) is 0 Å². The van der Waals surface area contributed by atoms with Crippen LogP contribution in [-0.4, -0.2) is 14.8 Å². The number of hydrogen-bond acceptors (Lipinski definition) is 4. The molecule has 2 rings (SSSR count). The predicted molar refractivity (Wildman–Crippen MR) is 75.2 cm³/mol. The maximum absolute atomic E-state index is 6.26. The molecule has 1 atom stereocenters. The maximum atomic E-state index is 6.26. The molecule has 2 aromatic rings. The zero-order valence-corrected chi connectivity index (χ0v) is 12.6. The predicted octanol–water partition coefficient (Wildman–Crippen LogP) is 2.70. The van der Waals surface area contributed by atoms with Crippen LogP contribution >= 0.6 is 22.9 Å². The Kier molecular flexibility index (Phi) is 3.75. The topological polar surface area (TPSA) is 56.7 Å². The molecule has 2 aromatic heterocycles. The van der Waals surface area contributed by atoms with Crippen LogP contribution in [0.5, 0.6) is 0 Å². The van der Waals surface area contributed by atoms with Gasteiger partial charge in [-0.2, -0.15) is 5.10 Å². The molecule has 0 amide bonds. The Morgan fingerprint density at radius 2 is 2.00 bits per heavy atom. The van der Waals surface area contributed by atoms with Crippen molar-refractivity contribution in [3.05, 3.63) is 32.0 Å². The van der Waals surface area contributed by atoms with Crippen LogP contribution < -0.4 is 5.73 Å². The number of thiazole rings is 1. The van der Waals surface area contributed by atoms with Crippen molar-refractivity contribution in [3.63, 3.8) is 0 Å². The van der Waals surface area contributed by atoms with E-state index < -0.39 is 0 Å². The Bertz CT molecular complexity index is 573. The summed E-state index contributed by atoms with van der Waals surface area (Å²) in [5.74, 6) is 0. The van der Waals surface area contributed by atoms with E-state index in [0.29, 0.717) is 11.4 Å². The molecule has 18 heavy (non-hydrogen) atoms. The number of rotatable bonds is 3. The average molecular weight is 285 g/mol. The Labute approximate surface area is 116 Å². The second-order valence-electron chi connectivity index (χ2n) is 4.46. The monoisotopic (exact) mass is 284 g/mol. The van der Waals surface area contributed by atoms with Gasteiger partial charge in [-0.25, -0.2) is 4.98 Å². The summed E-state index contributed by atoms with van der Waals surface area (Å²) >= 11 is 7.89. The van der Waals surface area contributed by atoms with Crippen molar-refractivity contribution in [2.75, 3.05) is 0 Å². The summed E-state index contributed by atoms with van der Waals surface area (Å²) < 4.78 is 1.81.